The van der Waals surface area contributed by atoms with Gasteiger partial charge in [-0.15, -0.1) is 0 Å². The van der Waals surface area contributed by atoms with Crippen molar-refractivity contribution in [2.24, 2.45) is 5.92 Å². The van der Waals surface area contributed by atoms with Gasteiger partial charge in [0, 0.05) is 43.0 Å². The third-order valence-corrected chi connectivity index (χ3v) is 5.70. The van der Waals surface area contributed by atoms with Crippen LogP contribution in [0.4, 0.5) is 0 Å². The third kappa shape index (κ3) is 2.95. The van der Waals surface area contributed by atoms with E-state index in [2.05, 4.69) is 5.10 Å². The predicted octanol–water partition coefficient (Wildman–Crippen LogP) is 2.15. The third-order valence-electron chi connectivity index (χ3n) is 5.70. The van der Waals surface area contributed by atoms with Crippen molar-refractivity contribution in [2.45, 2.75) is 32.2 Å². The molecule has 138 valence electrons. The first-order valence-corrected chi connectivity index (χ1v) is 9.63. The number of aryl methyl sites for hydroxylation is 2. The highest BCUT2D eigenvalue weighted by Crippen LogP contribution is 2.22. The number of carbonyl (C=O) groups is 1. The first-order valence-electron chi connectivity index (χ1n) is 9.63. The molecule has 0 aromatic carbocycles. The van der Waals surface area contributed by atoms with Crippen LogP contribution in [0.5, 0.6) is 0 Å². The summed E-state index contributed by atoms with van der Waals surface area (Å²) in [6.45, 7) is 1.94. The quantitative estimate of drug-likeness (QED) is 0.717. The molecule has 6 nitrogen and oxygen atoms in total. The lowest BCUT2D eigenvalue weighted by Crippen LogP contribution is -2.52. The molecule has 1 fully saturated rings. The molecule has 0 bridgehead atoms. The van der Waals surface area contributed by atoms with Crippen molar-refractivity contribution in [1.82, 2.24) is 19.1 Å². The van der Waals surface area contributed by atoms with Crippen molar-refractivity contribution < 1.29 is 4.79 Å². The average molecular weight is 362 g/mol. The van der Waals surface area contributed by atoms with Crippen LogP contribution in [-0.2, 0) is 19.4 Å². The van der Waals surface area contributed by atoms with E-state index in [1.54, 1.807) is 10.7 Å². The summed E-state index contributed by atoms with van der Waals surface area (Å²) in [5.74, 6) is 0.346. The summed E-state index contributed by atoms with van der Waals surface area (Å²) in [5.41, 5.74) is 3.91. The van der Waals surface area contributed by atoms with Gasteiger partial charge in [0.05, 0.1) is 17.8 Å². The molecule has 0 spiro atoms. The predicted molar refractivity (Wildman–Crippen MR) is 102 cm³/mol. The van der Waals surface area contributed by atoms with E-state index in [4.69, 9.17) is 0 Å². The number of nitrogens with zero attached hydrogens (tertiary/aromatic N) is 4. The monoisotopic (exact) mass is 362 g/mol. The van der Waals surface area contributed by atoms with Crippen LogP contribution in [0.25, 0.3) is 5.52 Å². The van der Waals surface area contributed by atoms with Crippen molar-refractivity contribution >= 4 is 11.4 Å². The van der Waals surface area contributed by atoms with Gasteiger partial charge in [-0.1, -0.05) is 6.07 Å². The van der Waals surface area contributed by atoms with Gasteiger partial charge in [0.25, 0.3) is 11.5 Å². The number of rotatable bonds is 3. The fourth-order valence-electron chi connectivity index (χ4n) is 4.18. The van der Waals surface area contributed by atoms with Crippen LogP contribution in [0.1, 0.15) is 34.5 Å². The molecule has 1 saturated heterocycles. The lowest BCUT2D eigenvalue weighted by Gasteiger charge is -2.39. The standard InChI is InChI=1S/C21H22N4O2/c26-20-10-16-5-1-2-7-19(16)22-25(20)13-15-11-24(12-15)21(27)17-9-18-6-3-4-8-23(18)14-17/h3-4,6,8-10,14-15H,1-2,5,7,11-13H2. The van der Waals surface area contributed by atoms with Crippen LogP contribution in [0.15, 0.2) is 47.5 Å². The van der Waals surface area contributed by atoms with Gasteiger partial charge >= 0.3 is 0 Å². The van der Waals surface area contributed by atoms with Gasteiger partial charge in [-0.05, 0) is 49.4 Å². The molecule has 27 heavy (non-hydrogen) atoms. The summed E-state index contributed by atoms with van der Waals surface area (Å²) in [4.78, 5) is 26.9. The SMILES string of the molecule is O=C(c1cc2ccccn2c1)N1CC(Cn2nc3c(cc2=O)CCCC3)C1. The highest BCUT2D eigenvalue weighted by molar-refractivity contribution is 5.96. The maximum Gasteiger partial charge on any atom is 0.267 e. The molecule has 1 aliphatic carbocycles. The summed E-state index contributed by atoms with van der Waals surface area (Å²) >= 11 is 0. The van der Waals surface area contributed by atoms with E-state index in [1.165, 1.54) is 0 Å². The van der Waals surface area contributed by atoms with Crippen LogP contribution in [0.3, 0.4) is 0 Å². The minimum Gasteiger partial charge on any atom is -0.338 e. The minimum atomic E-state index is -0.0147. The Balaban J connectivity index is 1.26. The number of likely N-dealkylation sites (tertiary alicyclic amines) is 1. The zero-order valence-electron chi connectivity index (χ0n) is 15.2. The van der Waals surface area contributed by atoms with Crippen molar-refractivity contribution in [3.8, 4) is 0 Å². The zero-order valence-corrected chi connectivity index (χ0v) is 15.2. The normalized spacial score (nSPS) is 17.0. The Morgan fingerprint density at radius 1 is 1.15 bits per heavy atom. The van der Waals surface area contributed by atoms with E-state index in [9.17, 15) is 9.59 Å². The Morgan fingerprint density at radius 3 is 2.85 bits per heavy atom. The van der Waals surface area contributed by atoms with Gasteiger partial charge in [0.1, 0.15) is 0 Å². The van der Waals surface area contributed by atoms with Crippen molar-refractivity contribution in [3.63, 3.8) is 0 Å². The maximum absolute atomic E-state index is 12.7. The molecule has 6 heteroatoms. The number of carbonyl (C=O) groups excluding carboxylic acids is 1. The van der Waals surface area contributed by atoms with Crippen LogP contribution in [-0.4, -0.2) is 38.1 Å². The van der Waals surface area contributed by atoms with Gasteiger partial charge in [-0.3, -0.25) is 9.59 Å². The van der Waals surface area contributed by atoms with Crippen LogP contribution >= 0.6 is 0 Å². The Kier molecular flexibility index (Phi) is 3.85. The molecule has 0 unspecified atom stereocenters. The summed E-state index contributed by atoms with van der Waals surface area (Å²) in [6, 6.07) is 9.59. The first kappa shape index (κ1) is 16.3. The zero-order chi connectivity index (χ0) is 18.4. The molecule has 0 atom stereocenters. The smallest absolute Gasteiger partial charge is 0.267 e. The molecular weight excluding hydrogens is 340 g/mol. The largest absolute Gasteiger partial charge is 0.338 e. The van der Waals surface area contributed by atoms with E-state index < -0.39 is 0 Å². The average Bonchev–Trinajstić information content (AvgIpc) is 3.08. The van der Waals surface area contributed by atoms with Gasteiger partial charge < -0.3 is 9.30 Å². The van der Waals surface area contributed by atoms with E-state index in [1.807, 2.05) is 46.0 Å². The highest BCUT2D eigenvalue weighted by Gasteiger charge is 2.32. The molecule has 3 aromatic rings. The molecular formula is C21H22N4O2. The van der Waals surface area contributed by atoms with E-state index in [-0.39, 0.29) is 17.4 Å². The van der Waals surface area contributed by atoms with Crippen LogP contribution in [0, 0.1) is 5.92 Å². The topological polar surface area (TPSA) is 59.6 Å². The van der Waals surface area contributed by atoms with Crippen LogP contribution < -0.4 is 5.56 Å². The lowest BCUT2D eigenvalue weighted by atomic mass is 9.96. The van der Waals surface area contributed by atoms with Gasteiger partial charge in [-0.2, -0.15) is 5.10 Å². The molecule has 0 radical (unpaired) electrons. The Morgan fingerprint density at radius 2 is 2.00 bits per heavy atom. The number of fused-ring (bicyclic) bond motifs is 2. The molecule has 3 aromatic heterocycles. The number of aromatic nitrogens is 3. The lowest BCUT2D eigenvalue weighted by molar-refractivity contribution is 0.0458. The molecule has 4 heterocycles. The molecule has 1 amide bonds. The highest BCUT2D eigenvalue weighted by atomic mass is 16.2. The van der Waals surface area contributed by atoms with Crippen molar-refractivity contribution in [3.05, 3.63) is 69.9 Å². The fraction of sp³-hybridized carbons (Fsp3) is 0.381. The van der Waals surface area contributed by atoms with Gasteiger partial charge in [-0.25, -0.2) is 4.68 Å². The Labute approximate surface area is 157 Å². The summed E-state index contributed by atoms with van der Waals surface area (Å²) in [6.07, 6.45) is 8.05. The molecule has 5 rings (SSSR count). The van der Waals surface area contributed by atoms with E-state index in [0.717, 1.165) is 42.5 Å². The molecule has 0 N–H and O–H groups in total. The Bertz CT molecular complexity index is 1040. The second kappa shape index (κ2) is 6.37. The molecule has 1 aliphatic heterocycles. The first-order chi connectivity index (χ1) is 13.2. The number of pyridine rings is 1. The van der Waals surface area contributed by atoms with Crippen molar-refractivity contribution in [1.29, 1.82) is 0 Å². The summed E-state index contributed by atoms with van der Waals surface area (Å²) < 4.78 is 3.56. The fourth-order valence-corrected chi connectivity index (χ4v) is 4.18. The van der Waals surface area contributed by atoms with Crippen molar-refractivity contribution in [2.75, 3.05) is 13.1 Å². The van der Waals surface area contributed by atoms with Gasteiger partial charge in [0.2, 0.25) is 0 Å². The number of hydrogen-bond acceptors (Lipinski definition) is 3. The summed E-state index contributed by atoms with van der Waals surface area (Å²) in [5, 5.41) is 4.59. The van der Waals surface area contributed by atoms with E-state index >= 15 is 0 Å². The number of hydrogen-bond donors (Lipinski definition) is 0. The second-order valence-corrected chi connectivity index (χ2v) is 7.68. The van der Waals surface area contributed by atoms with E-state index in [0.29, 0.717) is 25.2 Å². The molecule has 0 saturated carbocycles. The number of amides is 1. The molecule has 2 aliphatic rings. The maximum atomic E-state index is 12.7. The Hall–Kier alpha value is -2.89. The summed E-state index contributed by atoms with van der Waals surface area (Å²) in [7, 11) is 0. The van der Waals surface area contributed by atoms with Gasteiger partial charge in [0.15, 0.2) is 0 Å². The van der Waals surface area contributed by atoms with Crippen LogP contribution in [0.2, 0.25) is 0 Å². The minimum absolute atomic E-state index is 0.0147. The second-order valence-electron chi connectivity index (χ2n) is 7.68.